The molecular weight excluding hydrogens is 228 g/mol. The van der Waals surface area contributed by atoms with Gasteiger partial charge in [0.05, 0.1) is 11.8 Å². The van der Waals surface area contributed by atoms with Gasteiger partial charge in [0.15, 0.2) is 0 Å². The van der Waals surface area contributed by atoms with Crippen LogP contribution in [0.1, 0.15) is 24.6 Å². The van der Waals surface area contributed by atoms with Crippen molar-refractivity contribution in [1.82, 2.24) is 15.1 Å². The number of aliphatic hydroxyl groups excluding tert-OH is 1. The Labute approximate surface area is 109 Å². The SMILES string of the molecule is CNCc1c(C)nn(C)c1N1CCC(C)C(O)C1. The average Bonchev–Trinajstić information content (AvgIpc) is 2.59. The highest BCUT2D eigenvalue weighted by Crippen LogP contribution is 2.27. The van der Waals surface area contributed by atoms with Crippen molar-refractivity contribution < 1.29 is 5.11 Å². The third-order valence-electron chi connectivity index (χ3n) is 3.88. The van der Waals surface area contributed by atoms with Gasteiger partial charge >= 0.3 is 0 Å². The van der Waals surface area contributed by atoms with Crippen LogP contribution in [0, 0.1) is 12.8 Å². The number of nitrogens with zero attached hydrogens (tertiary/aromatic N) is 3. The fraction of sp³-hybridized carbons (Fsp3) is 0.769. The summed E-state index contributed by atoms with van der Waals surface area (Å²) in [6, 6.07) is 0. The molecule has 0 amide bonds. The third-order valence-corrected chi connectivity index (χ3v) is 3.88. The summed E-state index contributed by atoms with van der Waals surface area (Å²) in [5.41, 5.74) is 2.30. The molecule has 1 saturated heterocycles. The van der Waals surface area contributed by atoms with Gasteiger partial charge in [-0.3, -0.25) is 4.68 Å². The quantitative estimate of drug-likeness (QED) is 0.829. The summed E-state index contributed by atoms with van der Waals surface area (Å²) in [4.78, 5) is 2.26. The zero-order chi connectivity index (χ0) is 13.3. The molecule has 0 aliphatic carbocycles. The lowest BCUT2D eigenvalue weighted by molar-refractivity contribution is 0.102. The minimum atomic E-state index is -0.239. The largest absolute Gasteiger partial charge is 0.391 e. The van der Waals surface area contributed by atoms with Crippen LogP contribution in [0.4, 0.5) is 5.82 Å². The monoisotopic (exact) mass is 252 g/mol. The Balaban J connectivity index is 2.27. The van der Waals surface area contributed by atoms with Crippen molar-refractivity contribution in [1.29, 1.82) is 0 Å². The Morgan fingerprint density at radius 1 is 1.50 bits per heavy atom. The van der Waals surface area contributed by atoms with E-state index in [1.54, 1.807) is 0 Å². The van der Waals surface area contributed by atoms with Crippen molar-refractivity contribution in [3.05, 3.63) is 11.3 Å². The first-order valence-electron chi connectivity index (χ1n) is 6.64. The summed E-state index contributed by atoms with van der Waals surface area (Å²) < 4.78 is 1.94. The van der Waals surface area contributed by atoms with Crippen LogP contribution in [0.25, 0.3) is 0 Å². The molecule has 2 atom stereocenters. The van der Waals surface area contributed by atoms with Crippen LogP contribution in [0.15, 0.2) is 0 Å². The fourth-order valence-electron chi connectivity index (χ4n) is 2.71. The van der Waals surface area contributed by atoms with E-state index in [2.05, 4.69) is 22.2 Å². The molecule has 0 saturated carbocycles. The molecule has 2 rings (SSSR count). The molecule has 1 aliphatic rings. The first kappa shape index (κ1) is 13.4. The van der Waals surface area contributed by atoms with Crippen LogP contribution in [0.2, 0.25) is 0 Å². The maximum absolute atomic E-state index is 10.0. The van der Waals surface area contributed by atoms with Gasteiger partial charge in [-0.05, 0) is 26.3 Å². The predicted octanol–water partition coefficient (Wildman–Crippen LogP) is 0.655. The number of hydrogen-bond donors (Lipinski definition) is 2. The second-order valence-corrected chi connectivity index (χ2v) is 5.32. The number of aliphatic hydroxyl groups is 1. The van der Waals surface area contributed by atoms with Crippen LogP contribution >= 0.6 is 0 Å². The maximum Gasteiger partial charge on any atom is 0.131 e. The van der Waals surface area contributed by atoms with Gasteiger partial charge in [0.2, 0.25) is 0 Å². The molecule has 0 aromatic carbocycles. The van der Waals surface area contributed by atoms with Gasteiger partial charge in [0.1, 0.15) is 5.82 Å². The summed E-state index contributed by atoms with van der Waals surface area (Å²) in [5.74, 6) is 1.54. The number of aryl methyl sites for hydroxylation is 2. The Bertz CT molecular complexity index is 415. The second kappa shape index (κ2) is 5.28. The van der Waals surface area contributed by atoms with Crippen LogP contribution in [-0.4, -0.2) is 41.1 Å². The first-order chi connectivity index (χ1) is 8.54. The molecule has 2 unspecified atom stereocenters. The van der Waals surface area contributed by atoms with Crippen LogP contribution in [-0.2, 0) is 13.6 Å². The van der Waals surface area contributed by atoms with Gasteiger partial charge in [0.25, 0.3) is 0 Å². The van der Waals surface area contributed by atoms with Gasteiger partial charge in [-0.2, -0.15) is 5.10 Å². The number of rotatable bonds is 3. The lowest BCUT2D eigenvalue weighted by Gasteiger charge is -2.36. The normalized spacial score (nSPS) is 24.6. The van der Waals surface area contributed by atoms with Crippen molar-refractivity contribution in [2.45, 2.75) is 32.9 Å². The van der Waals surface area contributed by atoms with E-state index in [9.17, 15) is 5.11 Å². The van der Waals surface area contributed by atoms with E-state index in [0.717, 1.165) is 31.0 Å². The van der Waals surface area contributed by atoms with Crippen molar-refractivity contribution in [2.75, 3.05) is 25.0 Å². The van der Waals surface area contributed by atoms with Gasteiger partial charge in [-0.25, -0.2) is 0 Å². The van der Waals surface area contributed by atoms with Crippen molar-refractivity contribution >= 4 is 5.82 Å². The smallest absolute Gasteiger partial charge is 0.131 e. The predicted molar refractivity (Wildman–Crippen MR) is 72.7 cm³/mol. The Morgan fingerprint density at radius 3 is 2.83 bits per heavy atom. The van der Waals surface area contributed by atoms with Crippen LogP contribution in [0.5, 0.6) is 0 Å². The van der Waals surface area contributed by atoms with Gasteiger partial charge in [-0.1, -0.05) is 6.92 Å². The van der Waals surface area contributed by atoms with Crippen molar-refractivity contribution in [3.8, 4) is 0 Å². The van der Waals surface area contributed by atoms with E-state index in [0.29, 0.717) is 12.5 Å². The van der Waals surface area contributed by atoms with E-state index >= 15 is 0 Å². The Hall–Kier alpha value is -1.07. The number of nitrogens with one attached hydrogen (secondary N) is 1. The van der Waals surface area contributed by atoms with Crippen molar-refractivity contribution in [2.24, 2.45) is 13.0 Å². The molecular formula is C13H24N4O. The molecule has 1 aliphatic heterocycles. The maximum atomic E-state index is 10.0. The summed E-state index contributed by atoms with van der Waals surface area (Å²) in [6.07, 6.45) is 0.793. The molecule has 18 heavy (non-hydrogen) atoms. The molecule has 1 aromatic rings. The highest BCUT2D eigenvalue weighted by molar-refractivity contribution is 5.50. The van der Waals surface area contributed by atoms with E-state index in [-0.39, 0.29) is 6.10 Å². The number of aromatic nitrogens is 2. The highest BCUT2D eigenvalue weighted by atomic mass is 16.3. The topological polar surface area (TPSA) is 53.3 Å². The van der Waals surface area contributed by atoms with E-state index < -0.39 is 0 Å². The number of hydrogen-bond acceptors (Lipinski definition) is 4. The minimum absolute atomic E-state index is 0.239. The molecule has 2 heterocycles. The Morgan fingerprint density at radius 2 is 2.22 bits per heavy atom. The first-order valence-corrected chi connectivity index (χ1v) is 6.64. The third kappa shape index (κ3) is 2.37. The van der Waals surface area contributed by atoms with E-state index in [1.165, 1.54) is 5.56 Å². The molecule has 1 aromatic heterocycles. The summed E-state index contributed by atoms with van der Waals surface area (Å²) >= 11 is 0. The van der Waals surface area contributed by atoms with Crippen LogP contribution < -0.4 is 10.2 Å². The van der Waals surface area contributed by atoms with E-state index in [4.69, 9.17) is 0 Å². The number of piperidine rings is 1. The highest BCUT2D eigenvalue weighted by Gasteiger charge is 2.28. The number of β-amino-alcohol motifs (C(OH)–C–C–N with tert-alkyl or cyclic N) is 1. The lowest BCUT2D eigenvalue weighted by Crippen LogP contribution is -2.44. The van der Waals surface area contributed by atoms with Gasteiger partial charge < -0.3 is 15.3 Å². The van der Waals surface area contributed by atoms with Crippen molar-refractivity contribution in [3.63, 3.8) is 0 Å². The standard InChI is InChI=1S/C13H24N4O/c1-9-5-6-17(8-12(9)18)13-11(7-14-3)10(2)15-16(13)4/h9,12,14,18H,5-8H2,1-4H3. The van der Waals surface area contributed by atoms with E-state index in [1.807, 2.05) is 25.7 Å². The molecule has 5 heteroatoms. The minimum Gasteiger partial charge on any atom is -0.391 e. The lowest BCUT2D eigenvalue weighted by atomic mass is 9.96. The summed E-state index contributed by atoms with van der Waals surface area (Å²) in [6.45, 7) is 6.67. The summed E-state index contributed by atoms with van der Waals surface area (Å²) in [5, 5.41) is 17.7. The zero-order valence-corrected chi connectivity index (χ0v) is 11.8. The van der Waals surface area contributed by atoms with Gasteiger partial charge in [-0.15, -0.1) is 0 Å². The summed E-state index contributed by atoms with van der Waals surface area (Å²) in [7, 11) is 3.93. The second-order valence-electron chi connectivity index (χ2n) is 5.32. The average molecular weight is 252 g/mol. The Kier molecular flexibility index (Phi) is 3.92. The zero-order valence-electron chi connectivity index (χ0n) is 11.8. The molecule has 5 nitrogen and oxygen atoms in total. The molecule has 0 spiro atoms. The molecule has 0 bridgehead atoms. The molecule has 102 valence electrons. The molecule has 2 N–H and O–H groups in total. The fourth-order valence-corrected chi connectivity index (χ4v) is 2.71. The number of anilines is 1. The van der Waals surface area contributed by atoms with Crippen LogP contribution in [0.3, 0.4) is 0 Å². The molecule has 1 fully saturated rings. The molecule has 0 radical (unpaired) electrons. The van der Waals surface area contributed by atoms with Gasteiger partial charge in [0, 0.05) is 32.2 Å².